The number of benzene rings is 2. The minimum Gasteiger partial charge on any atom is -0.461 e. The van der Waals surface area contributed by atoms with Crippen LogP contribution in [0, 0.1) is 6.92 Å². The Labute approximate surface area is 150 Å². The van der Waals surface area contributed by atoms with Crippen molar-refractivity contribution in [3.05, 3.63) is 70.6 Å². The summed E-state index contributed by atoms with van der Waals surface area (Å²) in [5, 5.41) is 4.52. The van der Waals surface area contributed by atoms with Crippen molar-refractivity contribution in [1.29, 1.82) is 0 Å². The highest BCUT2D eigenvalue weighted by molar-refractivity contribution is 6.31. The first-order chi connectivity index (χ1) is 12.1. The molecule has 0 aliphatic heterocycles. The Morgan fingerprint density at radius 1 is 1.16 bits per heavy atom. The number of carbonyl (C=O) groups excluding carboxylic acids is 1. The molecule has 1 heterocycles. The number of hydrogen-bond acceptors (Lipinski definition) is 5. The summed E-state index contributed by atoms with van der Waals surface area (Å²) in [7, 11) is 0. The van der Waals surface area contributed by atoms with E-state index >= 15 is 0 Å². The lowest BCUT2D eigenvalue weighted by molar-refractivity contribution is -0.145. The number of carbonyl (C=O) groups is 1. The van der Waals surface area contributed by atoms with Crippen molar-refractivity contribution in [2.45, 2.75) is 26.4 Å². The minimum atomic E-state index is -0.338. The molecule has 0 aliphatic rings. The summed E-state index contributed by atoms with van der Waals surface area (Å²) >= 11 is 6.03. The fraction of sp³-hybridized carbons (Fsp3) is 0.211. The average molecular weight is 357 g/mol. The van der Waals surface area contributed by atoms with Crippen molar-refractivity contribution in [3.63, 3.8) is 0 Å². The van der Waals surface area contributed by atoms with Gasteiger partial charge in [0.25, 0.3) is 0 Å². The third kappa shape index (κ3) is 4.67. The fourth-order valence-corrected chi connectivity index (χ4v) is 2.42. The number of halogens is 1. The Bertz CT molecular complexity index is 859. The van der Waals surface area contributed by atoms with Gasteiger partial charge in [-0.2, -0.15) is 4.98 Å². The van der Waals surface area contributed by atoms with E-state index in [1.165, 1.54) is 0 Å². The molecule has 6 heteroatoms. The van der Waals surface area contributed by atoms with Crippen LogP contribution in [-0.2, 0) is 22.6 Å². The minimum absolute atomic E-state index is 0.150. The predicted molar refractivity (Wildman–Crippen MR) is 94.0 cm³/mol. The Hall–Kier alpha value is -2.66. The van der Waals surface area contributed by atoms with E-state index in [1.54, 1.807) is 6.07 Å². The van der Waals surface area contributed by atoms with Gasteiger partial charge in [0.2, 0.25) is 11.7 Å². The van der Waals surface area contributed by atoms with E-state index < -0.39 is 0 Å². The molecule has 25 heavy (non-hydrogen) atoms. The highest BCUT2D eigenvalue weighted by Crippen LogP contribution is 2.18. The van der Waals surface area contributed by atoms with Gasteiger partial charge in [0, 0.05) is 22.6 Å². The molecule has 0 saturated carbocycles. The molecule has 5 nitrogen and oxygen atoms in total. The number of ether oxygens (including phenoxy) is 1. The number of nitrogens with zero attached hydrogens (tertiary/aromatic N) is 2. The summed E-state index contributed by atoms with van der Waals surface area (Å²) < 4.78 is 10.4. The van der Waals surface area contributed by atoms with Gasteiger partial charge in [-0.1, -0.05) is 64.8 Å². The Morgan fingerprint density at radius 3 is 2.68 bits per heavy atom. The SMILES string of the molecule is Cc1ccc(-c2noc(CCC(=O)OCc3ccccc3Cl)n2)cc1. The van der Waals surface area contributed by atoms with E-state index in [4.69, 9.17) is 20.9 Å². The first-order valence-electron chi connectivity index (χ1n) is 7.90. The largest absolute Gasteiger partial charge is 0.461 e. The zero-order chi connectivity index (χ0) is 17.6. The number of aryl methyl sites for hydroxylation is 2. The standard InChI is InChI=1S/C19H17ClN2O3/c1-13-6-8-14(9-7-13)19-21-17(25-22-19)10-11-18(23)24-12-15-4-2-3-5-16(15)20/h2-9H,10-12H2,1H3. The van der Waals surface area contributed by atoms with Gasteiger partial charge in [-0.05, 0) is 13.0 Å². The van der Waals surface area contributed by atoms with E-state index in [2.05, 4.69) is 10.1 Å². The first-order valence-corrected chi connectivity index (χ1v) is 8.28. The van der Waals surface area contributed by atoms with Crippen LogP contribution in [0.2, 0.25) is 5.02 Å². The van der Waals surface area contributed by atoms with Gasteiger partial charge in [-0.15, -0.1) is 0 Å². The molecule has 0 saturated heterocycles. The average Bonchev–Trinajstić information content (AvgIpc) is 3.09. The molecule has 128 valence electrons. The Morgan fingerprint density at radius 2 is 1.92 bits per heavy atom. The van der Waals surface area contributed by atoms with Crippen LogP contribution in [0.5, 0.6) is 0 Å². The number of esters is 1. The molecule has 0 N–H and O–H groups in total. The monoisotopic (exact) mass is 356 g/mol. The van der Waals surface area contributed by atoms with Gasteiger partial charge in [0.1, 0.15) is 6.61 Å². The molecule has 0 radical (unpaired) electrons. The second-order valence-electron chi connectivity index (χ2n) is 5.63. The Kier molecular flexibility index (Phi) is 5.46. The van der Waals surface area contributed by atoms with Crippen molar-refractivity contribution in [2.24, 2.45) is 0 Å². The maximum absolute atomic E-state index is 11.9. The molecule has 0 atom stereocenters. The van der Waals surface area contributed by atoms with Crippen molar-refractivity contribution >= 4 is 17.6 Å². The molecule has 0 amide bonds. The van der Waals surface area contributed by atoms with Gasteiger partial charge in [-0.3, -0.25) is 4.79 Å². The van der Waals surface area contributed by atoms with Crippen LogP contribution < -0.4 is 0 Å². The van der Waals surface area contributed by atoms with Crippen molar-refractivity contribution < 1.29 is 14.1 Å². The van der Waals surface area contributed by atoms with Crippen LogP contribution in [-0.4, -0.2) is 16.1 Å². The van der Waals surface area contributed by atoms with Gasteiger partial charge >= 0.3 is 5.97 Å². The van der Waals surface area contributed by atoms with E-state index in [0.29, 0.717) is 23.2 Å². The van der Waals surface area contributed by atoms with Crippen LogP contribution in [0.25, 0.3) is 11.4 Å². The summed E-state index contributed by atoms with van der Waals surface area (Å²) in [5.41, 5.74) is 2.81. The summed E-state index contributed by atoms with van der Waals surface area (Å²) in [4.78, 5) is 16.2. The van der Waals surface area contributed by atoms with E-state index in [1.807, 2.05) is 49.4 Å². The molecule has 0 aliphatic carbocycles. The summed E-state index contributed by atoms with van der Waals surface area (Å²) in [6.45, 7) is 2.16. The van der Waals surface area contributed by atoms with Gasteiger partial charge in [0.05, 0.1) is 6.42 Å². The second kappa shape index (κ2) is 7.94. The molecule has 0 unspecified atom stereocenters. The van der Waals surface area contributed by atoms with Crippen LogP contribution in [0.3, 0.4) is 0 Å². The lowest BCUT2D eigenvalue weighted by Gasteiger charge is -2.05. The quantitative estimate of drug-likeness (QED) is 0.613. The lowest BCUT2D eigenvalue weighted by Crippen LogP contribution is -2.06. The number of rotatable bonds is 6. The highest BCUT2D eigenvalue weighted by Gasteiger charge is 2.12. The van der Waals surface area contributed by atoms with Crippen molar-refractivity contribution in [1.82, 2.24) is 10.1 Å². The molecule has 2 aromatic carbocycles. The molecule has 0 fully saturated rings. The molecule has 3 aromatic rings. The van der Waals surface area contributed by atoms with Crippen LogP contribution in [0.1, 0.15) is 23.4 Å². The van der Waals surface area contributed by atoms with E-state index in [-0.39, 0.29) is 19.0 Å². The van der Waals surface area contributed by atoms with Crippen molar-refractivity contribution in [3.8, 4) is 11.4 Å². The zero-order valence-electron chi connectivity index (χ0n) is 13.7. The van der Waals surface area contributed by atoms with Gasteiger partial charge < -0.3 is 9.26 Å². The maximum atomic E-state index is 11.9. The van der Waals surface area contributed by atoms with Crippen molar-refractivity contribution in [2.75, 3.05) is 0 Å². The van der Waals surface area contributed by atoms with Crippen LogP contribution >= 0.6 is 11.6 Å². The summed E-state index contributed by atoms with van der Waals surface area (Å²) in [5.74, 6) is 0.583. The van der Waals surface area contributed by atoms with Crippen LogP contribution in [0.4, 0.5) is 0 Å². The van der Waals surface area contributed by atoms with E-state index in [9.17, 15) is 4.79 Å². The van der Waals surface area contributed by atoms with Crippen LogP contribution in [0.15, 0.2) is 53.1 Å². The predicted octanol–water partition coefficient (Wildman–Crippen LogP) is 4.37. The first kappa shape index (κ1) is 17.2. The normalized spacial score (nSPS) is 10.6. The lowest BCUT2D eigenvalue weighted by atomic mass is 10.1. The molecule has 3 rings (SSSR count). The summed E-state index contributed by atoms with van der Waals surface area (Å²) in [6, 6.07) is 15.1. The maximum Gasteiger partial charge on any atom is 0.306 e. The van der Waals surface area contributed by atoms with Gasteiger partial charge in [0.15, 0.2) is 0 Å². The molecule has 1 aromatic heterocycles. The third-order valence-electron chi connectivity index (χ3n) is 3.67. The number of aromatic nitrogens is 2. The molecular weight excluding hydrogens is 340 g/mol. The zero-order valence-corrected chi connectivity index (χ0v) is 14.5. The smallest absolute Gasteiger partial charge is 0.306 e. The molecule has 0 spiro atoms. The molecule has 0 bridgehead atoms. The molecular formula is C19H17ClN2O3. The topological polar surface area (TPSA) is 65.2 Å². The fourth-order valence-electron chi connectivity index (χ4n) is 2.23. The second-order valence-corrected chi connectivity index (χ2v) is 6.04. The summed E-state index contributed by atoms with van der Waals surface area (Å²) in [6.07, 6.45) is 0.500. The Balaban J connectivity index is 1.51. The van der Waals surface area contributed by atoms with E-state index in [0.717, 1.165) is 16.7 Å². The number of hydrogen-bond donors (Lipinski definition) is 0. The highest BCUT2D eigenvalue weighted by atomic mass is 35.5. The third-order valence-corrected chi connectivity index (χ3v) is 4.04. The van der Waals surface area contributed by atoms with Gasteiger partial charge in [-0.25, -0.2) is 0 Å².